The van der Waals surface area contributed by atoms with Crippen molar-refractivity contribution in [3.05, 3.63) is 29.3 Å². The zero-order chi connectivity index (χ0) is 14.8. The Labute approximate surface area is 127 Å². The van der Waals surface area contributed by atoms with Gasteiger partial charge in [-0.3, -0.25) is 9.48 Å². The second-order valence-corrected chi connectivity index (χ2v) is 6.42. The first-order valence-electron chi connectivity index (χ1n) is 7.18. The average molecular weight is 305 g/mol. The van der Waals surface area contributed by atoms with E-state index in [1.807, 2.05) is 24.6 Å². The molecule has 1 amide bonds. The molecule has 0 spiro atoms. The number of nitrogens with one attached hydrogen (secondary N) is 1. The van der Waals surface area contributed by atoms with E-state index >= 15 is 0 Å². The fraction of sp³-hybridized carbons (Fsp3) is 0.467. The first-order chi connectivity index (χ1) is 10.2. The van der Waals surface area contributed by atoms with Crippen LogP contribution in [0.2, 0.25) is 0 Å². The van der Waals surface area contributed by atoms with Crippen LogP contribution >= 0.6 is 11.3 Å². The van der Waals surface area contributed by atoms with Crippen molar-refractivity contribution in [2.45, 2.75) is 25.3 Å². The lowest BCUT2D eigenvalue weighted by molar-refractivity contribution is 0.0925. The molecule has 1 saturated carbocycles. The molecular formula is C15H19N3O2S. The summed E-state index contributed by atoms with van der Waals surface area (Å²) in [6, 6.07) is 3.99. The maximum atomic E-state index is 12.6. The number of carbonyl (C=O) groups excluding carboxylic acids is 1. The highest BCUT2D eigenvalue weighted by Crippen LogP contribution is 2.34. The quantitative estimate of drug-likeness (QED) is 0.858. The fourth-order valence-electron chi connectivity index (χ4n) is 2.56. The predicted molar refractivity (Wildman–Crippen MR) is 82.2 cm³/mol. The molecule has 0 bridgehead atoms. The molecule has 2 aromatic rings. The van der Waals surface area contributed by atoms with Crippen molar-refractivity contribution in [3.8, 4) is 10.6 Å². The highest BCUT2D eigenvalue weighted by molar-refractivity contribution is 7.13. The lowest BCUT2D eigenvalue weighted by Crippen LogP contribution is -2.37. The molecule has 6 heteroatoms. The van der Waals surface area contributed by atoms with E-state index in [0.717, 1.165) is 23.4 Å². The predicted octanol–water partition coefficient (Wildman–Crippen LogP) is 2.04. The van der Waals surface area contributed by atoms with Gasteiger partial charge in [-0.2, -0.15) is 5.10 Å². The maximum Gasteiger partial charge on any atom is 0.255 e. The second kappa shape index (κ2) is 5.99. The molecule has 3 rings (SSSR count). The van der Waals surface area contributed by atoms with Crippen molar-refractivity contribution in [2.75, 3.05) is 6.61 Å². The van der Waals surface area contributed by atoms with Crippen molar-refractivity contribution in [3.63, 3.8) is 0 Å². The minimum absolute atomic E-state index is 0.0684. The van der Waals surface area contributed by atoms with Gasteiger partial charge in [-0.1, -0.05) is 6.07 Å². The van der Waals surface area contributed by atoms with Crippen LogP contribution in [0, 0.1) is 5.92 Å². The Kier molecular flexibility index (Phi) is 4.07. The molecule has 2 aromatic heterocycles. The summed E-state index contributed by atoms with van der Waals surface area (Å²) < 4.78 is 1.67. The highest BCUT2D eigenvalue weighted by atomic mass is 32.1. The Morgan fingerprint density at radius 1 is 1.62 bits per heavy atom. The number of aryl methyl sites for hydroxylation is 1. The molecule has 2 heterocycles. The summed E-state index contributed by atoms with van der Waals surface area (Å²) in [5, 5.41) is 18.6. The third-order valence-corrected chi connectivity index (χ3v) is 4.65. The van der Waals surface area contributed by atoms with Gasteiger partial charge in [-0.25, -0.2) is 0 Å². The van der Waals surface area contributed by atoms with Gasteiger partial charge in [-0.15, -0.1) is 11.3 Å². The van der Waals surface area contributed by atoms with Gasteiger partial charge in [0.2, 0.25) is 0 Å². The summed E-state index contributed by atoms with van der Waals surface area (Å²) >= 11 is 1.57. The van der Waals surface area contributed by atoms with Gasteiger partial charge in [0.05, 0.1) is 10.4 Å². The van der Waals surface area contributed by atoms with Crippen LogP contribution < -0.4 is 5.32 Å². The molecule has 1 fully saturated rings. The number of aliphatic hydroxyl groups excluding tert-OH is 1. The van der Waals surface area contributed by atoms with Gasteiger partial charge in [0.25, 0.3) is 5.91 Å². The maximum absolute atomic E-state index is 12.6. The minimum atomic E-state index is -0.100. The van der Waals surface area contributed by atoms with Crippen molar-refractivity contribution in [1.29, 1.82) is 0 Å². The largest absolute Gasteiger partial charge is 0.396 e. The fourth-order valence-corrected chi connectivity index (χ4v) is 3.28. The van der Waals surface area contributed by atoms with Gasteiger partial charge < -0.3 is 10.4 Å². The Bertz CT molecular complexity index is 617. The number of nitrogens with zero attached hydrogens (tertiary/aromatic N) is 2. The van der Waals surface area contributed by atoms with Crippen molar-refractivity contribution in [1.82, 2.24) is 15.1 Å². The molecule has 1 aliphatic carbocycles. The van der Waals surface area contributed by atoms with Gasteiger partial charge in [0, 0.05) is 25.9 Å². The number of amides is 1. The number of carbonyl (C=O) groups is 1. The molecule has 1 unspecified atom stereocenters. The summed E-state index contributed by atoms with van der Waals surface area (Å²) in [6.07, 6.45) is 4.64. The third-order valence-electron chi connectivity index (χ3n) is 3.78. The summed E-state index contributed by atoms with van der Waals surface area (Å²) in [6.45, 7) is 0.103. The Morgan fingerprint density at radius 3 is 3.05 bits per heavy atom. The molecule has 5 nitrogen and oxygen atoms in total. The van der Waals surface area contributed by atoms with Crippen LogP contribution in [-0.2, 0) is 7.05 Å². The van der Waals surface area contributed by atoms with Gasteiger partial charge >= 0.3 is 0 Å². The van der Waals surface area contributed by atoms with Gasteiger partial charge in [0.1, 0.15) is 5.69 Å². The summed E-state index contributed by atoms with van der Waals surface area (Å²) in [7, 11) is 1.82. The SMILES string of the molecule is Cn1cc(C(=O)NC(CCO)C2CC2)c(-c2cccs2)n1. The second-order valence-electron chi connectivity index (χ2n) is 5.47. The molecule has 1 aliphatic rings. The molecule has 0 saturated heterocycles. The van der Waals surface area contributed by atoms with E-state index in [-0.39, 0.29) is 18.6 Å². The van der Waals surface area contributed by atoms with Gasteiger partial charge in [-0.05, 0) is 36.6 Å². The Balaban J connectivity index is 1.81. The third kappa shape index (κ3) is 3.16. The molecule has 0 radical (unpaired) electrons. The average Bonchev–Trinajstić information content (AvgIpc) is 3.01. The number of aromatic nitrogens is 2. The first kappa shape index (κ1) is 14.3. The van der Waals surface area contributed by atoms with E-state index in [9.17, 15) is 4.79 Å². The van der Waals surface area contributed by atoms with E-state index in [0.29, 0.717) is 17.9 Å². The molecule has 21 heavy (non-hydrogen) atoms. The van der Waals surface area contributed by atoms with Crippen LogP contribution in [0.15, 0.2) is 23.7 Å². The van der Waals surface area contributed by atoms with E-state index in [1.165, 1.54) is 0 Å². The first-order valence-corrected chi connectivity index (χ1v) is 8.06. The number of rotatable bonds is 6. The molecule has 1 atom stereocenters. The minimum Gasteiger partial charge on any atom is -0.396 e. The normalized spacial score (nSPS) is 15.9. The van der Waals surface area contributed by atoms with Crippen molar-refractivity contribution >= 4 is 17.2 Å². The summed E-state index contributed by atoms with van der Waals surface area (Å²) in [5.41, 5.74) is 1.33. The number of aliphatic hydroxyl groups is 1. The lowest BCUT2D eigenvalue weighted by Gasteiger charge is -2.16. The number of hydrogen-bond acceptors (Lipinski definition) is 4. The summed E-state index contributed by atoms with van der Waals surface area (Å²) in [4.78, 5) is 13.5. The number of hydrogen-bond donors (Lipinski definition) is 2. The molecule has 0 aliphatic heterocycles. The Hall–Kier alpha value is -1.66. The smallest absolute Gasteiger partial charge is 0.255 e. The van der Waals surface area contributed by atoms with E-state index in [1.54, 1.807) is 22.2 Å². The topological polar surface area (TPSA) is 67.2 Å². The van der Waals surface area contributed by atoms with Crippen LogP contribution in [0.5, 0.6) is 0 Å². The van der Waals surface area contributed by atoms with Crippen LogP contribution in [0.25, 0.3) is 10.6 Å². The van der Waals surface area contributed by atoms with Crippen LogP contribution in [0.1, 0.15) is 29.6 Å². The summed E-state index contributed by atoms with van der Waals surface area (Å²) in [5.74, 6) is 0.416. The zero-order valence-electron chi connectivity index (χ0n) is 12.0. The standard InChI is InChI=1S/C15H19N3O2S/c1-18-9-11(14(17-18)13-3-2-8-21-13)15(20)16-12(6-7-19)10-4-5-10/h2-3,8-10,12,19H,4-7H2,1H3,(H,16,20). The van der Waals surface area contributed by atoms with E-state index in [2.05, 4.69) is 10.4 Å². The van der Waals surface area contributed by atoms with Crippen LogP contribution in [-0.4, -0.2) is 33.4 Å². The molecule has 0 aromatic carbocycles. The molecule has 2 N–H and O–H groups in total. The molecular weight excluding hydrogens is 286 g/mol. The monoisotopic (exact) mass is 305 g/mol. The molecule has 112 valence electrons. The van der Waals surface area contributed by atoms with E-state index in [4.69, 9.17) is 5.11 Å². The highest BCUT2D eigenvalue weighted by Gasteiger charge is 2.32. The zero-order valence-corrected chi connectivity index (χ0v) is 12.8. The Morgan fingerprint density at radius 2 is 2.43 bits per heavy atom. The van der Waals surface area contributed by atoms with Crippen molar-refractivity contribution in [2.24, 2.45) is 13.0 Å². The van der Waals surface area contributed by atoms with Gasteiger partial charge in [0.15, 0.2) is 0 Å². The van der Waals surface area contributed by atoms with Crippen molar-refractivity contribution < 1.29 is 9.90 Å². The van der Waals surface area contributed by atoms with Crippen LogP contribution in [0.3, 0.4) is 0 Å². The van der Waals surface area contributed by atoms with Crippen LogP contribution in [0.4, 0.5) is 0 Å². The number of thiophene rings is 1. The lowest BCUT2D eigenvalue weighted by atomic mass is 10.1. The van der Waals surface area contributed by atoms with E-state index < -0.39 is 0 Å².